The van der Waals surface area contributed by atoms with Crippen molar-refractivity contribution in [1.29, 1.82) is 0 Å². The van der Waals surface area contributed by atoms with Crippen LogP contribution in [-0.2, 0) is 61.6 Å². The van der Waals surface area contributed by atoms with Crippen LogP contribution in [0.15, 0.2) is 0 Å². The Labute approximate surface area is 316 Å². The summed E-state index contributed by atoms with van der Waals surface area (Å²) in [6.07, 6.45) is 16.6. The van der Waals surface area contributed by atoms with E-state index in [0.29, 0.717) is 145 Å². The lowest BCUT2D eigenvalue weighted by Crippen LogP contribution is -2.24. The minimum absolute atomic E-state index is 0.0643. The SMILES string of the molecule is CCCCCCCCCCCCOCCOCCOCCOCCOCCOCCOCCOCCOCCOCCOCCOC1CCCCO1. The van der Waals surface area contributed by atoms with Crippen molar-refractivity contribution >= 4 is 0 Å². The van der Waals surface area contributed by atoms with E-state index in [1.54, 1.807) is 0 Å². The standard InChI is InChI=1S/C39H78O13/c1-2-3-4-5-6-7-8-9-10-12-15-40-17-18-41-19-20-42-21-22-43-23-24-44-25-26-45-27-28-46-29-30-47-31-32-48-33-34-49-35-36-50-37-38-52-39-14-11-13-16-51-39/h39H,2-38H2,1H3. The van der Waals surface area contributed by atoms with Gasteiger partial charge in [-0.2, -0.15) is 0 Å². The lowest BCUT2D eigenvalue weighted by atomic mass is 10.1. The summed E-state index contributed by atoms with van der Waals surface area (Å²) in [5.41, 5.74) is 0. The molecule has 13 heteroatoms. The minimum atomic E-state index is -0.0643. The predicted octanol–water partition coefficient (Wildman–Crippen LogP) is 5.63. The highest BCUT2D eigenvalue weighted by molar-refractivity contribution is 4.54. The van der Waals surface area contributed by atoms with Gasteiger partial charge in [0.05, 0.1) is 145 Å². The van der Waals surface area contributed by atoms with Gasteiger partial charge in [0.15, 0.2) is 6.29 Å². The lowest BCUT2D eigenvalue weighted by molar-refractivity contribution is -0.169. The van der Waals surface area contributed by atoms with E-state index in [1.165, 1.54) is 64.2 Å². The third kappa shape index (κ3) is 40.7. The van der Waals surface area contributed by atoms with Crippen LogP contribution in [0.4, 0.5) is 0 Å². The summed E-state index contributed by atoms with van der Waals surface area (Å²) >= 11 is 0. The van der Waals surface area contributed by atoms with Crippen LogP contribution in [0.2, 0.25) is 0 Å². The second-order valence-corrected chi connectivity index (χ2v) is 12.6. The molecule has 13 nitrogen and oxygen atoms in total. The normalized spacial score (nSPS) is 14.8. The molecular formula is C39H78O13. The smallest absolute Gasteiger partial charge is 0.157 e. The van der Waals surface area contributed by atoms with Crippen molar-refractivity contribution in [3.05, 3.63) is 0 Å². The summed E-state index contributed by atoms with van der Waals surface area (Å²) in [7, 11) is 0. The van der Waals surface area contributed by atoms with E-state index >= 15 is 0 Å². The molecular weight excluding hydrogens is 676 g/mol. The van der Waals surface area contributed by atoms with Crippen molar-refractivity contribution in [2.75, 3.05) is 159 Å². The zero-order valence-corrected chi connectivity index (χ0v) is 33.0. The van der Waals surface area contributed by atoms with Gasteiger partial charge in [-0.1, -0.05) is 64.7 Å². The van der Waals surface area contributed by atoms with Crippen molar-refractivity contribution in [3.63, 3.8) is 0 Å². The first-order valence-electron chi connectivity index (χ1n) is 20.5. The van der Waals surface area contributed by atoms with Gasteiger partial charge in [-0.25, -0.2) is 0 Å². The quantitative estimate of drug-likeness (QED) is 0.0715. The van der Waals surface area contributed by atoms with Gasteiger partial charge in [0.1, 0.15) is 0 Å². The molecule has 0 aromatic carbocycles. The van der Waals surface area contributed by atoms with Crippen molar-refractivity contribution < 1.29 is 61.6 Å². The predicted molar refractivity (Wildman–Crippen MR) is 200 cm³/mol. The van der Waals surface area contributed by atoms with Crippen molar-refractivity contribution in [2.45, 2.75) is 96.7 Å². The molecule has 1 aliphatic heterocycles. The van der Waals surface area contributed by atoms with E-state index in [4.69, 9.17) is 61.6 Å². The van der Waals surface area contributed by atoms with Crippen molar-refractivity contribution in [3.8, 4) is 0 Å². The molecule has 0 spiro atoms. The highest BCUT2D eigenvalue weighted by Gasteiger charge is 2.13. The van der Waals surface area contributed by atoms with Gasteiger partial charge in [-0.05, 0) is 25.7 Å². The largest absolute Gasteiger partial charge is 0.379 e. The molecule has 0 aromatic rings. The van der Waals surface area contributed by atoms with E-state index in [-0.39, 0.29) is 6.29 Å². The molecule has 0 radical (unpaired) electrons. The molecule has 312 valence electrons. The Kier molecular flexibility index (Phi) is 42.7. The van der Waals surface area contributed by atoms with Gasteiger partial charge in [0.2, 0.25) is 0 Å². The number of ether oxygens (including phenoxy) is 13. The second kappa shape index (κ2) is 44.9. The molecule has 0 aliphatic carbocycles. The molecule has 0 bridgehead atoms. The Morgan fingerprint density at radius 2 is 0.615 bits per heavy atom. The first-order valence-corrected chi connectivity index (χ1v) is 20.5. The van der Waals surface area contributed by atoms with Crippen molar-refractivity contribution in [1.82, 2.24) is 0 Å². The van der Waals surface area contributed by atoms with Gasteiger partial charge in [0, 0.05) is 13.2 Å². The average molecular weight is 755 g/mol. The molecule has 1 fully saturated rings. The first kappa shape index (κ1) is 49.5. The van der Waals surface area contributed by atoms with Crippen molar-refractivity contribution in [2.24, 2.45) is 0 Å². The summed E-state index contributed by atoms with van der Waals surface area (Å²) < 4.78 is 71.9. The third-order valence-corrected chi connectivity index (χ3v) is 8.03. The maximum absolute atomic E-state index is 5.65. The molecule has 1 unspecified atom stereocenters. The second-order valence-electron chi connectivity index (χ2n) is 12.6. The fourth-order valence-electron chi connectivity index (χ4n) is 5.07. The molecule has 0 saturated carbocycles. The van der Waals surface area contributed by atoms with Crippen LogP contribution in [0.1, 0.15) is 90.4 Å². The van der Waals surface area contributed by atoms with Gasteiger partial charge < -0.3 is 61.6 Å². The van der Waals surface area contributed by atoms with Gasteiger partial charge in [0.25, 0.3) is 0 Å². The first-order chi connectivity index (χ1) is 25.9. The van der Waals surface area contributed by atoms with E-state index < -0.39 is 0 Å². The van der Waals surface area contributed by atoms with Gasteiger partial charge in [-0.15, -0.1) is 0 Å². The van der Waals surface area contributed by atoms with Crippen LogP contribution < -0.4 is 0 Å². The zero-order chi connectivity index (χ0) is 36.9. The molecule has 1 atom stereocenters. The Bertz CT molecular complexity index is 643. The Hall–Kier alpha value is -0.520. The fourth-order valence-corrected chi connectivity index (χ4v) is 5.07. The minimum Gasteiger partial charge on any atom is -0.379 e. The number of hydrogen-bond donors (Lipinski definition) is 0. The van der Waals surface area contributed by atoms with Gasteiger partial charge in [-0.3, -0.25) is 0 Å². The number of rotatable bonds is 45. The Morgan fingerprint density at radius 1 is 0.327 bits per heavy atom. The molecule has 1 rings (SSSR count). The summed E-state index contributed by atoms with van der Waals surface area (Å²) in [6.45, 7) is 15.8. The summed E-state index contributed by atoms with van der Waals surface area (Å²) in [5, 5.41) is 0. The highest BCUT2D eigenvalue weighted by atomic mass is 16.7. The summed E-state index contributed by atoms with van der Waals surface area (Å²) in [6, 6.07) is 0. The summed E-state index contributed by atoms with van der Waals surface area (Å²) in [4.78, 5) is 0. The number of hydrogen-bond acceptors (Lipinski definition) is 13. The highest BCUT2D eigenvalue weighted by Crippen LogP contribution is 2.13. The number of unbranched alkanes of at least 4 members (excludes halogenated alkanes) is 9. The van der Waals surface area contributed by atoms with Crippen LogP contribution in [0.5, 0.6) is 0 Å². The topological polar surface area (TPSA) is 120 Å². The van der Waals surface area contributed by atoms with E-state index in [9.17, 15) is 0 Å². The molecule has 1 saturated heterocycles. The molecule has 1 aliphatic rings. The molecule has 0 N–H and O–H groups in total. The maximum Gasteiger partial charge on any atom is 0.157 e. The molecule has 0 aromatic heterocycles. The van der Waals surface area contributed by atoms with Crippen LogP contribution in [0.3, 0.4) is 0 Å². The van der Waals surface area contributed by atoms with E-state index in [0.717, 1.165) is 32.5 Å². The van der Waals surface area contributed by atoms with Gasteiger partial charge >= 0.3 is 0 Å². The zero-order valence-electron chi connectivity index (χ0n) is 33.0. The van der Waals surface area contributed by atoms with Crippen LogP contribution >= 0.6 is 0 Å². The maximum atomic E-state index is 5.65. The Balaban J connectivity index is 1.59. The van der Waals surface area contributed by atoms with E-state index in [2.05, 4.69) is 6.92 Å². The average Bonchev–Trinajstić information content (AvgIpc) is 3.17. The van der Waals surface area contributed by atoms with Crippen LogP contribution in [-0.4, -0.2) is 165 Å². The molecule has 0 amide bonds. The monoisotopic (exact) mass is 755 g/mol. The van der Waals surface area contributed by atoms with Crippen LogP contribution in [0.25, 0.3) is 0 Å². The summed E-state index contributed by atoms with van der Waals surface area (Å²) in [5.74, 6) is 0. The van der Waals surface area contributed by atoms with Crippen LogP contribution in [0, 0.1) is 0 Å². The molecule has 1 heterocycles. The Morgan fingerprint density at radius 3 is 0.923 bits per heavy atom. The fraction of sp³-hybridized carbons (Fsp3) is 1.00. The third-order valence-electron chi connectivity index (χ3n) is 8.03. The van der Waals surface area contributed by atoms with E-state index in [1.807, 2.05) is 0 Å². The molecule has 52 heavy (non-hydrogen) atoms. The lowest BCUT2D eigenvalue weighted by Gasteiger charge is -2.22.